The van der Waals surface area contributed by atoms with Crippen molar-refractivity contribution in [2.45, 2.75) is 39.3 Å². The monoisotopic (exact) mass is 552 g/mol. The van der Waals surface area contributed by atoms with Gasteiger partial charge in [-0.15, -0.1) is 24.8 Å². The number of fused-ring (bicyclic) bond motifs is 1. The largest absolute Gasteiger partial charge is 0.383 e. The minimum Gasteiger partial charge on any atom is -0.383 e. The fraction of sp³-hybridized carbons (Fsp3) is 0.308. The van der Waals surface area contributed by atoms with E-state index >= 15 is 0 Å². The Morgan fingerprint density at radius 3 is 2.32 bits per heavy atom. The van der Waals surface area contributed by atoms with Crippen LogP contribution in [0, 0.1) is 24.4 Å². The number of aromatic nitrogens is 3. The molecule has 5 rings (SSSR count). The molecule has 0 spiro atoms. The van der Waals surface area contributed by atoms with Crippen molar-refractivity contribution in [2.75, 3.05) is 23.7 Å². The Morgan fingerprint density at radius 1 is 1.00 bits per heavy atom. The molecular formula is C26H29Cl2F3N6. The number of nitrogens with zero attached hydrogens (tertiary/aromatic N) is 4. The molecular weight excluding hydrogens is 524 g/mol. The van der Waals surface area contributed by atoms with Gasteiger partial charge in [0, 0.05) is 49.6 Å². The summed E-state index contributed by atoms with van der Waals surface area (Å²) in [7, 11) is 0. The lowest BCUT2D eigenvalue weighted by Crippen LogP contribution is -2.40. The first kappa shape index (κ1) is 28.6. The van der Waals surface area contributed by atoms with Crippen molar-refractivity contribution < 1.29 is 13.2 Å². The van der Waals surface area contributed by atoms with Crippen molar-refractivity contribution in [3.8, 4) is 22.5 Å². The van der Waals surface area contributed by atoms with Gasteiger partial charge in [0.15, 0.2) is 11.6 Å². The molecule has 198 valence electrons. The van der Waals surface area contributed by atoms with Crippen molar-refractivity contribution in [1.29, 1.82) is 0 Å². The van der Waals surface area contributed by atoms with Crippen LogP contribution in [0.3, 0.4) is 0 Å². The van der Waals surface area contributed by atoms with E-state index in [2.05, 4.69) is 14.9 Å². The van der Waals surface area contributed by atoms with Crippen LogP contribution in [0.15, 0.2) is 36.5 Å². The summed E-state index contributed by atoms with van der Waals surface area (Å²) in [4.78, 5) is 11.3. The van der Waals surface area contributed by atoms with Gasteiger partial charge in [-0.1, -0.05) is 6.07 Å². The summed E-state index contributed by atoms with van der Waals surface area (Å²) in [5, 5.41) is 0. The van der Waals surface area contributed by atoms with Gasteiger partial charge in [0.2, 0.25) is 0 Å². The van der Waals surface area contributed by atoms with E-state index in [0.29, 0.717) is 53.2 Å². The van der Waals surface area contributed by atoms with Gasteiger partial charge >= 0.3 is 0 Å². The normalized spacial score (nSPS) is 13.9. The van der Waals surface area contributed by atoms with Gasteiger partial charge in [-0.05, 0) is 49.9 Å². The molecule has 1 saturated heterocycles. The summed E-state index contributed by atoms with van der Waals surface area (Å²) in [6, 6.07) is 7.16. The van der Waals surface area contributed by atoms with Crippen molar-refractivity contribution >= 4 is 47.4 Å². The van der Waals surface area contributed by atoms with Crippen molar-refractivity contribution in [2.24, 2.45) is 5.73 Å². The molecule has 2 aromatic heterocycles. The van der Waals surface area contributed by atoms with Crippen LogP contribution in [-0.2, 0) is 6.54 Å². The molecule has 0 saturated carbocycles. The number of pyridine rings is 1. The second kappa shape index (κ2) is 11.2. The number of benzene rings is 2. The maximum absolute atomic E-state index is 14.4. The molecule has 2 aromatic carbocycles. The van der Waals surface area contributed by atoms with E-state index in [0.717, 1.165) is 36.2 Å². The molecule has 37 heavy (non-hydrogen) atoms. The van der Waals surface area contributed by atoms with Crippen LogP contribution in [0.5, 0.6) is 0 Å². The fourth-order valence-electron chi connectivity index (χ4n) is 4.92. The summed E-state index contributed by atoms with van der Waals surface area (Å²) < 4.78 is 44.4. The Balaban J connectivity index is 0.00000190. The number of anilines is 2. The Labute approximate surface area is 225 Å². The average molecular weight is 553 g/mol. The second-order valence-electron chi connectivity index (χ2n) is 9.06. The summed E-state index contributed by atoms with van der Waals surface area (Å²) in [6.07, 6.45) is 3.21. The lowest BCUT2D eigenvalue weighted by molar-refractivity contribution is 0.501. The van der Waals surface area contributed by atoms with Gasteiger partial charge < -0.3 is 20.9 Å². The minimum atomic E-state index is -0.967. The van der Waals surface area contributed by atoms with Crippen molar-refractivity contribution in [3.63, 3.8) is 0 Å². The first-order valence-corrected chi connectivity index (χ1v) is 11.7. The predicted octanol–water partition coefficient (Wildman–Crippen LogP) is 5.86. The Morgan fingerprint density at radius 2 is 1.68 bits per heavy atom. The molecule has 3 heterocycles. The number of rotatable bonds is 4. The van der Waals surface area contributed by atoms with E-state index in [1.165, 1.54) is 12.1 Å². The topological polar surface area (TPSA) is 86.0 Å². The van der Waals surface area contributed by atoms with E-state index in [1.54, 1.807) is 10.8 Å². The summed E-state index contributed by atoms with van der Waals surface area (Å²) in [5.41, 5.74) is 16.9. The highest BCUT2D eigenvalue weighted by atomic mass is 35.5. The predicted molar refractivity (Wildman–Crippen MR) is 147 cm³/mol. The number of imidazole rings is 1. The molecule has 6 nitrogen and oxygen atoms in total. The Bertz CT molecular complexity index is 1410. The number of piperidine rings is 1. The van der Waals surface area contributed by atoms with E-state index in [-0.39, 0.29) is 42.5 Å². The molecule has 1 fully saturated rings. The van der Waals surface area contributed by atoms with E-state index in [1.807, 2.05) is 19.9 Å². The zero-order valence-electron chi connectivity index (χ0n) is 20.5. The molecule has 4 aromatic rings. The highest BCUT2D eigenvalue weighted by Gasteiger charge is 2.28. The number of hydrogen-bond donors (Lipinski definition) is 2. The van der Waals surface area contributed by atoms with Crippen LogP contribution < -0.4 is 16.4 Å². The number of aryl methyl sites for hydroxylation is 2. The summed E-state index contributed by atoms with van der Waals surface area (Å²) >= 11 is 0. The van der Waals surface area contributed by atoms with Gasteiger partial charge in [0.05, 0.1) is 22.3 Å². The molecule has 0 bridgehead atoms. The van der Waals surface area contributed by atoms with E-state index in [9.17, 15) is 13.2 Å². The standard InChI is InChI=1S/C26H27F3N6.2ClH/c1-3-35-22-12-20(29)19(28)11-21(22)33-26(35)23-24(34-6-4-17(30)5-7-34)18(13-32-25(23)31)15-8-14(2)9-16(27)10-15;;/h8-13,17H,3-7,30H2,1-2H3,(H2,31,32);2*1H. The summed E-state index contributed by atoms with van der Waals surface area (Å²) in [5.74, 6) is -1.57. The first-order chi connectivity index (χ1) is 16.8. The smallest absolute Gasteiger partial charge is 0.161 e. The molecule has 0 unspecified atom stereocenters. The van der Waals surface area contributed by atoms with Crippen LogP contribution in [0.25, 0.3) is 33.5 Å². The van der Waals surface area contributed by atoms with Gasteiger partial charge in [-0.25, -0.2) is 23.1 Å². The van der Waals surface area contributed by atoms with Crippen molar-refractivity contribution in [3.05, 3.63) is 59.5 Å². The maximum Gasteiger partial charge on any atom is 0.161 e. The molecule has 1 aliphatic rings. The Kier molecular flexibility index (Phi) is 8.62. The number of halogens is 5. The van der Waals surface area contributed by atoms with E-state index < -0.39 is 11.6 Å². The first-order valence-electron chi connectivity index (χ1n) is 11.7. The average Bonchev–Trinajstić information content (AvgIpc) is 3.15. The van der Waals surface area contributed by atoms with Gasteiger partial charge in [0.1, 0.15) is 17.5 Å². The lowest BCUT2D eigenvalue weighted by atomic mass is 9.96. The molecule has 1 aliphatic heterocycles. The number of nitrogen functional groups attached to an aromatic ring is 1. The minimum absolute atomic E-state index is 0. The van der Waals surface area contributed by atoms with Crippen molar-refractivity contribution in [1.82, 2.24) is 14.5 Å². The third kappa shape index (κ3) is 5.21. The fourth-order valence-corrected chi connectivity index (χ4v) is 4.92. The van der Waals surface area contributed by atoms with Gasteiger partial charge in [0.25, 0.3) is 0 Å². The number of hydrogen-bond acceptors (Lipinski definition) is 5. The molecule has 11 heteroatoms. The molecule has 0 radical (unpaired) electrons. The number of nitrogens with two attached hydrogens (primary N) is 2. The zero-order valence-corrected chi connectivity index (χ0v) is 22.1. The SMILES string of the molecule is CCn1c(-c2c(N)ncc(-c3cc(C)cc(F)c3)c2N2CCC(N)CC2)nc2cc(F)c(F)cc21.Cl.Cl. The highest BCUT2D eigenvalue weighted by molar-refractivity contribution is 5.96. The van der Waals surface area contributed by atoms with Crippen LogP contribution in [-0.4, -0.2) is 33.7 Å². The quantitative estimate of drug-likeness (QED) is 0.331. The van der Waals surface area contributed by atoms with Gasteiger partial charge in [-0.2, -0.15) is 0 Å². The Hall–Kier alpha value is -3.01. The van der Waals surface area contributed by atoms with Gasteiger partial charge in [-0.3, -0.25) is 0 Å². The summed E-state index contributed by atoms with van der Waals surface area (Å²) in [6.45, 7) is 5.53. The molecule has 4 N–H and O–H groups in total. The van der Waals surface area contributed by atoms with Crippen LogP contribution in [0.2, 0.25) is 0 Å². The lowest BCUT2D eigenvalue weighted by Gasteiger charge is -2.35. The third-order valence-electron chi connectivity index (χ3n) is 6.62. The maximum atomic E-state index is 14.4. The second-order valence-corrected chi connectivity index (χ2v) is 9.06. The van der Waals surface area contributed by atoms with Crippen LogP contribution >= 0.6 is 24.8 Å². The molecule has 0 amide bonds. The third-order valence-corrected chi connectivity index (χ3v) is 6.62. The zero-order chi connectivity index (χ0) is 24.9. The molecule has 0 aliphatic carbocycles. The van der Waals surface area contributed by atoms with Crippen LogP contribution in [0.1, 0.15) is 25.3 Å². The molecule has 0 atom stereocenters. The highest BCUT2D eigenvalue weighted by Crippen LogP contribution is 2.44. The van der Waals surface area contributed by atoms with Crippen LogP contribution in [0.4, 0.5) is 24.7 Å². The van der Waals surface area contributed by atoms with E-state index in [4.69, 9.17) is 11.5 Å².